The van der Waals surface area contributed by atoms with Crippen LogP contribution in [0, 0.1) is 12.8 Å². The quantitative estimate of drug-likeness (QED) is 0.922. The monoisotopic (exact) mass is 276 g/mol. The Hall–Kier alpha value is -1.03. The summed E-state index contributed by atoms with van der Waals surface area (Å²) in [5.41, 5.74) is 8.35. The molecule has 1 aliphatic carbocycles. The fraction of sp³-hybridized carbons (Fsp3) is 0.812. The van der Waals surface area contributed by atoms with E-state index in [1.165, 1.54) is 56.5 Å². The van der Waals surface area contributed by atoms with Crippen molar-refractivity contribution in [2.24, 2.45) is 18.7 Å². The van der Waals surface area contributed by atoms with Gasteiger partial charge in [-0.1, -0.05) is 12.8 Å². The summed E-state index contributed by atoms with van der Waals surface area (Å²) in [6.07, 6.45) is 9.29. The van der Waals surface area contributed by atoms with Crippen molar-refractivity contribution < 1.29 is 0 Å². The van der Waals surface area contributed by atoms with Crippen LogP contribution >= 0.6 is 0 Å². The number of hydrogen-bond acceptors (Lipinski definition) is 3. The van der Waals surface area contributed by atoms with Gasteiger partial charge in [0.05, 0.1) is 5.69 Å². The molecule has 4 heteroatoms. The number of fused-ring (bicyclic) bond motifs is 1. The molecule has 2 atom stereocenters. The average molecular weight is 276 g/mol. The van der Waals surface area contributed by atoms with Crippen LogP contribution in [0.3, 0.4) is 0 Å². The highest BCUT2D eigenvalue weighted by Gasteiger charge is 2.35. The molecule has 2 N–H and O–H groups in total. The smallest absolute Gasteiger partial charge is 0.130 e. The minimum atomic E-state index is 0.710. The summed E-state index contributed by atoms with van der Waals surface area (Å²) >= 11 is 0. The molecule has 1 aromatic heterocycles. The molecule has 112 valence electrons. The van der Waals surface area contributed by atoms with Gasteiger partial charge in [-0.15, -0.1) is 0 Å². The summed E-state index contributed by atoms with van der Waals surface area (Å²) in [7, 11) is 2.09. The van der Waals surface area contributed by atoms with Crippen molar-refractivity contribution in [2.75, 3.05) is 18.0 Å². The number of aryl methyl sites for hydroxylation is 2. The average Bonchev–Trinajstić information content (AvgIpc) is 2.73. The zero-order valence-corrected chi connectivity index (χ0v) is 12.9. The van der Waals surface area contributed by atoms with Crippen LogP contribution in [0.15, 0.2) is 0 Å². The maximum atomic E-state index is 5.81. The van der Waals surface area contributed by atoms with Crippen LogP contribution in [0.25, 0.3) is 0 Å². The van der Waals surface area contributed by atoms with Gasteiger partial charge < -0.3 is 10.6 Å². The van der Waals surface area contributed by atoms with Crippen molar-refractivity contribution in [3.05, 3.63) is 11.3 Å². The lowest BCUT2D eigenvalue weighted by molar-refractivity contribution is 0.241. The van der Waals surface area contributed by atoms with Gasteiger partial charge in [0, 0.05) is 25.2 Å². The van der Waals surface area contributed by atoms with Crippen molar-refractivity contribution in [1.29, 1.82) is 0 Å². The Kier molecular flexibility index (Phi) is 4.01. The van der Waals surface area contributed by atoms with Crippen LogP contribution in [0.4, 0.5) is 5.82 Å². The SMILES string of the molecule is Cc1nn(C)c(N2CCCC3CCCCC32)c1CCN. The number of anilines is 1. The Morgan fingerprint density at radius 3 is 2.75 bits per heavy atom. The van der Waals surface area contributed by atoms with E-state index >= 15 is 0 Å². The van der Waals surface area contributed by atoms with E-state index in [1.54, 1.807) is 0 Å². The summed E-state index contributed by atoms with van der Waals surface area (Å²) in [5.74, 6) is 2.25. The van der Waals surface area contributed by atoms with E-state index in [2.05, 4.69) is 28.7 Å². The number of piperidine rings is 1. The predicted molar refractivity (Wildman–Crippen MR) is 83.0 cm³/mol. The van der Waals surface area contributed by atoms with Gasteiger partial charge in [-0.2, -0.15) is 5.10 Å². The Balaban J connectivity index is 1.94. The highest BCUT2D eigenvalue weighted by Crippen LogP contribution is 2.39. The molecule has 0 amide bonds. The summed E-state index contributed by atoms with van der Waals surface area (Å²) in [5, 5.41) is 4.66. The zero-order chi connectivity index (χ0) is 14.1. The topological polar surface area (TPSA) is 47.1 Å². The van der Waals surface area contributed by atoms with Crippen molar-refractivity contribution in [3.63, 3.8) is 0 Å². The van der Waals surface area contributed by atoms with Crippen LogP contribution in [0.2, 0.25) is 0 Å². The van der Waals surface area contributed by atoms with Crippen LogP contribution in [-0.4, -0.2) is 28.9 Å². The highest BCUT2D eigenvalue weighted by atomic mass is 15.4. The largest absolute Gasteiger partial charge is 0.353 e. The molecule has 1 aliphatic heterocycles. The van der Waals surface area contributed by atoms with E-state index in [1.807, 2.05) is 0 Å². The van der Waals surface area contributed by atoms with E-state index in [0.29, 0.717) is 6.54 Å². The minimum absolute atomic E-state index is 0.710. The molecule has 2 unspecified atom stereocenters. The number of hydrogen-bond donors (Lipinski definition) is 1. The second-order valence-electron chi connectivity index (χ2n) is 6.50. The van der Waals surface area contributed by atoms with Crippen LogP contribution in [0.1, 0.15) is 49.8 Å². The zero-order valence-electron chi connectivity index (χ0n) is 12.9. The lowest BCUT2D eigenvalue weighted by atomic mass is 9.78. The molecule has 2 heterocycles. The Morgan fingerprint density at radius 2 is 1.95 bits per heavy atom. The minimum Gasteiger partial charge on any atom is -0.353 e. The van der Waals surface area contributed by atoms with Gasteiger partial charge in [0.15, 0.2) is 0 Å². The van der Waals surface area contributed by atoms with E-state index in [9.17, 15) is 0 Å². The van der Waals surface area contributed by atoms with E-state index < -0.39 is 0 Å². The number of aromatic nitrogens is 2. The molecule has 1 saturated carbocycles. The first kappa shape index (κ1) is 13.9. The first-order chi connectivity index (χ1) is 9.72. The summed E-state index contributed by atoms with van der Waals surface area (Å²) in [6.45, 7) is 4.02. The van der Waals surface area contributed by atoms with Crippen molar-refractivity contribution in [1.82, 2.24) is 9.78 Å². The summed E-state index contributed by atoms with van der Waals surface area (Å²) < 4.78 is 2.09. The molecule has 3 rings (SSSR count). The van der Waals surface area contributed by atoms with E-state index in [4.69, 9.17) is 5.73 Å². The standard InChI is InChI=1S/C16H28N4/c1-12-14(9-10-17)16(19(2)18-12)20-11-5-7-13-6-3-4-8-15(13)20/h13,15H,3-11,17H2,1-2H3. The van der Waals surface area contributed by atoms with Gasteiger partial charge in [0.2, 0.25) is 0 Å². The maximum Gasteiger partial charge on any atom is 0.130 e. The molecule has 0 bridgehead atoms. The van der Waals surface area contributed by atoms with Crippen molar-refractivity contribution in [2.45, 2.75) is 57.9 Å². The van der Waals surface area contributed by atoms with E-state index in [-0.39, 0.29) is 0 Å². The second kappa shape index (κ2) is 5.76. The summed E-state index contributed by atoms with van der Waals surface area (Å²) in [4.78, 5) is 2.66. The van der Waals surface area contributed by atoms with Gasteiger partial charge >= 0.3 is 0 Å². The van der Waals surface area contributed by atoms with Crippen LogP contribution in [0.5, 0.6) is 0 Å². The first-order valence-electron chi connectivity index (χ1n) is 8.21. The molecule has 4 nitrogen and oxygen atoms in total. The molecular weight excluding hydrogens is 248 g/mol. The van der Waals surface area contributed by atoms with E-state index in [0.717, 1.165) is 24.1 Å². The molecule has 1 aromatic rings. The fourth-order valence-corrected chi connectivity index (χ4v) is 4.37. The third-order valence-electron chi connectivity index (χ3n) is 5.22. The first-order valence-corrected chi connectivity index (χ1v) is 8.21. The fourth-order valence-electron chi connectivity index (χ4n) is 4.37. The molecule has 20 heavy (non-hydrogen) atoms. The van der Waals surface area contributed by atoms with Gasteiger partial charge in [0.25, 0.3) is 0 Å². The van der Waals surface area contributed by atoms with Crippen LogP contribution in [-0.2, 0) is 13.5 Å². The highest BCUT2D eigenvalue weighted by molar-refractivity contribution is 5.52. The molecule has 2 fully saturated rings. The number of rotatable bonds is 3. The predicted octanol–water partition coefficient (Wildman–Crippen LogP) is 2.39. The molecule has 0 spiro atoms. The lowest BCUT2D eigenvalue weighted by Gasteiger charge is -2.45. The molecule has 2 aliphatic rings. The van der Waals surface area contributed by atoms with Crippen molar-refractivity contribution >= 4 is 5.82 Å². The number of nitrogens with two attached hydrogens (primary N) is 1. The summed E-state index contributed by atoms with van der Waals surface area (Å²) in [6, 6.07) is 0.740. The Morgan fingerprint density at radius 1 is 1.20 bits per heavy atom. The third-order valence-corrected chi connectivity index (χ3v) is 5.22. The Labute approximate surface area is 122 Å². The molecule has 0 aromatic carbocycles. The lowest BCUT2D eigenvalue weighted by Crippen LogP contribution is -2.48. The maximum absolute atomic E-state index is 5.81. The third kappa shape index (κ3) is 2.34. The molecule has 0 radical (unpaired) electrons. The van der Waals surface area contributed by atoms with Gasteiger partial charge in [-0.25, -0.2) is 0 Å². The van der Waals surface area contributed by atoms with Gasteiger partial charge in [0.1, 0.15) is 5.82 Å². The number of nitrogens with zero attached hydrogens (tertiary/aromatic N) is 3. The van der Waals surface area contributed by atoms with Gasteiger partial charge in [-0.05, 0) is 51.5 Å². The van der Waals surface area contributed by atoms with Gasteiger partial charge in [-0.3, -0.25) is 4.68 Å². The van der Waals surface area contributed by atoms with Crippen LogP contribution < -0.4 is 10.6 Å². The second-order valence-corrected chi connectivity index (χ2v) is 6.50. The normalized spacial score (nSPS) is 26.6. The molecule has 1 saturated heterocycles. The Bertz CT molecular complexity index is 463. The molecular formula is C16H28N4. The van der Waals surface area contributed by atoms with Crippen molar-refractivity contribution in [3.8, 4) is 0 Å².